The molecule has 0 bridgehead atoms. The van der Waals surface area contributed by atoms with Gasteiger partial charge in [0.15, 0.2) is 18.2 Å². The Bertz CT molecular complexity index is 795. The lowest BCUT2D eigenvalue weighted by Gasteiger charge is -2.16. The number of fused-ring (bicyclic) bond motifs is 1. The Morgan fingerprint density at radius 3 is 2.65 bits per heavy atom. The molecule has 0 spiro atoms. The van der Waals surface area contributed by atoms with E-state index in [-0.39, 0.29) is 37.0 Å². The minimum absolute atomic E-state index is 0.0322. The number of nitrogens with zero attached hydrogens (tertiary/aromatic N) is 2. The first-order valence-corrected chi connectivity index (χ1v) is 9.16. The number of ether oxygens (including phenoxy) is 1. The number of rotatable bonds is 7. The second kappa shape index (κ2) is 8.25. The molecule has 1 aliphatic carbocycles. The maximum Gasteiger partial charge on any atom is 0.306 e. The van der Waals surface area contributed by atoms with Crippen LogP contribution in [0.5, 0.6) is 0 Å². The van der Waals surface area contributed by atoms with Crippen LogP contribution in [0.4, 0.5) is 0 Å². The summed E-state index contributed by atoms with van der Waals surface area (Å²) in [5.41, 5.74) is 3.28. The average molecular weight is 356 g/mol. The van der Waals surface area contributed by atoms with Crippen LogP contribution in [0.1, 0.15) is 78.6 Å². The normalized spacial score (nSPS) is 13.5. The molecule has 2 aromatic rings. The number of benzene rings is 1. The zero-order valence-corrected chi connectivity index (χ0v) is 15.3. The number of aryl methyl sites for hydroxylation is 2. The molecule has 0 N–H and O–H groups in total. The second-order valence-electron chi connectivity index (χ2n) is 6.98. The summed E-state index contributed by atoms with van der Waals surface area (Å²) in [5.74, 6) is 0.523. The SMILES string of the molecule is CC(C)c1noc(COC(=O)CCC(=O)c2ccc3c(c2)CCCC3)n1. The maximum atomic E-state index is 12.3. The van der Waals surface area contributed by atoms with Crippen LogP contribution in [0, 0.1) is 0 Å². The van der Waals surface area contributed by atoms with Gasteiger partial charge in [0.25, 0.3) is 5.89 Å². The van der Waals surface area contributed by atoms with Crippen molar-refractivity contribution in [1.82, 2.24) is 10.1 Å². The molecule has 1 aromatic carbocycles. The smallest absolute Gasteiger partial charge is 0.306 e. The number of carbonyl (C=O) groups excluding carboxylic acids is 2. The topological polar surface area (TPSA) is 82.3 Å². The van der Waals surface area contributed by atoms with Crippen molar-refractivity contribution in [2.45, 2.75) is 64.9 Å². The maximum absolute atomic E-state index is 12.3. The van der Waals surface area contributed by atoms with E-state index in [9.17, 15) is 9.59 Å². The third kappa shape index (κ3) is 4.56. The van der Waals surface area contributed by atoms with Gasteiger partial charge in [-0.1, -0.05) is 31.1 Å². The summed E-state index contributed by atoms with van der Waals surface area (Å²) in [6.45, 7) is 3.84. The molecule has 0 amide bonds. The molecule has 6 nitrogen and oxygen atoms in total. The first kappa shape index (κ1) is 18.3. The van der Waals surface area contributed by atoms with Gasteiger partial charge < -0.3 is 9.26 Å². The van der Waals surface area contributed by atoms with E-state index in [1.165, 1.54) is 24.0 Å². The number of esters is 1. The molecule has 1 aliphatic rings. The molecule has 1 aromatic heterocycles. The van der Waals surface area contributed by atoms with Crippen molar-refractivity contribution in [3.8, 4) is 0 Å². The van der Waals surface area contributed by atoms with Gasteiger partial charge in [-0.25, -0.2) is 0 Å². The average Bonchev–Trinajstić information content (AvgIpc) is 3.13. The number of Topliss-reactive ketones (excluding diaryl/α,β-unsaturated/α-hetero) is 1. The van der Waals surface area contributed by atoms with Gasteiger partial charge in [0.05, 0.1) is 6.42 Å². The van der Waals surface area contributed by atoms with Crippen LogP contribution in [0.2, 0.25) is 0 Å². The highest BCUT2D eigenvalue weighted by Gasteiger charge is 2.16. The van der Waals surface area contributed by atoms with Crippen LogP contribution < -0.4 is 0 Å². The summed E-state index contributed by atoms with van der Waals surface area (Å²) < 4.78 is 10.1. The van der Waals surface area contributed by atoms with Crippen molar-refractivity contribution < 1.29 is 18.8 Å². The molecule has 0 unspecified atom stereocenters. The number of hydrogen-bond acceptors (Lipinski definition) is 6. The largest absolute Gasteiger partial charge is 0.456 e. The van der Waals surface area contributed by atoms with E-state index in [0.717, 1.165) is 12.8 Å². The number of hydrogen-bond donors (Lipinski definition) is 0. The van der Waals surface area contributed by atoms with Crippen molar-refractivity contribution in [1.29, 1.82) is 0 Å². The molecule has 0 fully saturated rings. The van der Waals surface area contributed by atoms with Crippen LogP contribution in [0.3, 0.4) is 0 Å². The van der Waals surface area contributed by atoms with Crippen LogP contribution in [0.15, 0.2) is 22.7 Å². The van der Waals surface area contributed by atoms with Gasteiger partial charge >= 0.3 is 5.97 Å². The van der Waals surface area contributed by atoms with Crippen molar-refractivity contribution in [2.24, 2.45) is 0 Å². The highest BCUT2D eigenvalue weighted by Crippen LogP contribution is 2.23. The Labute approximate surface area is 152 Å². The molecule has 1 heterocycles. The Morgan fingerprint density at radius 2 is 1.92 bits per heavy atom. The predicted molar refractivity (Wildman–Crippen MR) is 94.8 cm³/mol. The van der Waals surface area contributed by atoms with Gasteiger partial charge in [-0.2, -0.15) is 4.98 Å². The Hall–Kier alpha value is -2.50. The molecule has 0 saturated carbocycles. The molecule has 0 radical (unpaired) electrons. The highest BCUT2D eigenvalue weighted by atomic mass is 16.6. The number of aromatic nitrogens is 2. The molecule has 0 atom stereocenters. The molecule has 6 heteroatoms. The zero-order chi connectivity index (χ0) is 18.5. The van der Waals surface area contributed by atoms with Crippen LogP contribution in [-0.2, 0) is 29.0 Å². The van der Waals surface area contributed by atoms with Gasteiger partial charge in [-0.05, 0) is 42.9 Å². The van der Waals surface area contributed by atoms with E-state index in [4.69, 9.17) is 9.26 Å². The molecular weight excluding hydrogens is 332 g/mol. The summed E-state index contributed by atoms with van der Waals surface area (Å²) in [6.07, 6.45) is 4.68. The number of ketones is 1. The fourth-order valence-corrected chi connectivity index (χ4v) is 3.04. The third-order valence-corrected chi connectivity index (χ3v) is 4.58. The Morgan fingerprint density at radius 1 is 1.15 bits per heavy atom. The van der Waals surface area contributed by atoms with Gasteiger partial charge in [-0.3, -0.25) is 9.59 Å². The van der Waals surface area contributed by atoms with E-state index in [1.54, 1.807) is 0 Å². The van der Waals surface area contributed by atoms with Crippen LogP contribution in [-0.4, -0.2) is 21.9 Å². The van der Waals surface area contributed by atoms with E-state index in [1.807, 2.05) is 32.0 Å². The molecular formula is C20H24N2O4. The lowest BCUT2D eigenvalue weighted by atomic mass is 9.89. The Kier molecular flexibility index (Phi) is 5.81. The van der Waals surface area contributed by atoms with Gasteiger partial charge in [0, 0.05) is 17.9 Å². The van der Waals surface area contributed by atoms with Crippen molar-refractivity contribution in [3.05, 3.63) is 46.6 Å². The highest BCUT2D eigenvalue weighted by molar-refractivity contribution is 5.97. The van der Waals surface area contributed by atoms with Crippen LogP contribution in [0.25, 0.3) is 0 Å². The lowest BCUT2D eigenvalue weighted by Crippen LogP contribution is -2.10. The fraction of sp³-hybridized carbons (Fsp3) is 0.500. The van der Waals surface area contributed by atoms with Gasteiger partial charge in [0.1, 0.15) is 0 Å². The molecule has 26 heavy (non-hydrogen) atoms. The summed E-state index contributed by atoms with van der Waals surface area (Å²) in [4.78, 5) is 28.3. The van der Waals surface area contributed by atoms with E-state index in [0.29, 0.717) is 11.4 Å². The van der Waals surface area contributed by atoms with Crippen molar-refractivity contribution in [2.75, 3.05) is 0 Å². The number of carbonyl (C=O) groups is 2. The first-order chi connectivity index (χ1) is 12.5. The molecule has 138 valence electrons. The minimum atomic E-state index is -0.444. The van der Waals surface area contributed by atoms with Crippen molar-refractivity contribution >= 4 is 11.8 Å². The first-order valence-electron chi connectivity index (χ1n) is 9.16. The predicted octanol–water partition coefficient (Wildman–Crippen LogP) is 3.78. The lowest BCUT2D eigenvalue weighted by molar-refractivity contribution is -0.145. The van der Waals surface area contributed by atoms with E-state index in [2.05, 4.69) is 10.1 Å². The van der Waals surface area contributed by atoms with Crippen molar-refractivity contribution in [3.63, 3.8) is 0 Å². The summed E-state index contributed by atoms with van der Waals surface area (Å²) >= 11 is 0. The third-order valence-electron chi connectivity index (χ3n) is 4.58. The molecule has 0 aliphatic heterocycles. The quantitative estimate of drug-likeness (QED) is 0.555. The summed E-state index contributed by atoms with van der Waals surface area (Å²) in [6, 6.07) is 5.89. The van der Waals surface area contributed by atoms with E-state index >= 15 is 0 Å². The fourth-order valence-electron chi connectivity index (χ4n) is 3.04. The van der Waals surface area contributed by atoms with E-state index < -0.39 is 5.97 Å². The monoisotopic (exact) mass is 356 g/mol. The zero-order valence-electron chi connectivity index (χ0n) is 15.3. The van der Waals surface area contributed by atoms with Gasteiger partial charge in [-0.15, -0.1) is 0 Å². The van der Waals surface area contributed by atoms with Crippen LogP contribution >= 0.6 is 0 Å². The Balaban J connectivity index is 1.47. The molecule has 0 saturated heterocycles. The summed E-state index contributed by atoms with van der Waals surface area (Å²) in [5, 5.41) is 3.81. The minimum Gasteiger partial charge on any atom is -0.456 e. The molecule has 3 rings (SSSR count). The second-order valence-corrected chi connectivity index (χ2v) is 6.98. The van der Waals surface area contributed by atoms with Gasteiger partial charge in [0.2, 0.25) is 0 Å². The summed E-state index contributed by atoms with van der Waals surface area (Å²) in [7, 11) is 0. The standard InChI is InChI=1S/C20H24N2O4/c1-13(2)20-21-18(26-22-20)12-25-19(24)10-9-17(23)16-8-7-14-5-3-4-6-15(14)11-16/h7-8,11,13H,3-6,9-10,12H2,1-2H3.